The first kappa shape index (κ1) is 14.3. The summed E-state index contributed by atoms with van der Waals surface area (Å²) in [5, 5.41) is 3.10. The lowest BCUT2D eigenvalue weighted by molar-refractivity contribution is 0.202. The highest BCUT2D eigenvalue weighted by Gasteiger charge is 2.01. The number of hydrogen-bond donors (Lipinski definition) is 1. The summed E-state index contributed by atoms with van der Waals surface area (Å²) in [5.74, 6) is 1.93. The first-order valence-electron chi connectivity index (χ1n) is 6.63. The Labute approximate surface area is 119 Å². The minimum absolute atomic E-state index is 0.480. The summed E-state index contributed by atoms with van der Waals surface area (Å²) in [7, 11) is 1.70. The van der Waals surface area contributed by atoms with Crippen LogP contribution >= 0.6 is 0 Å². The van der Waals surface area contributed by atoms with Gasteiger partial charge in [0.1, 0.15) is 11.6 Å². The molecule has 20 heavy (non-hydrogen) atoms. The van der Waals surface area contributed by atoms with Crippen LogP contribution in [0, 0.1) is 0 Å². The molecule has 0 bridgehead atoms. The van der Waals surface area contributed by atoms with E-state index in [0.717, 1.165) is 25.3 Å². The SMILES string of the molecule is CCNc1cncc(Oc2ccc(CCOC)cc2)n1. The van der Waals surface area contributed by atoms with Gasteiger partial charge in [0.05, 0.1) is 19.0 Å². The first-order chi connectivity index (χ1) is 9.81. The van der Waals surface area contributed by atoms with Crippen molar-refractivity contribution in [3.63, 3.8) is 0 Å². The predicted octanol–water partition coefficient (Wildman–Crippen LogP) is 2.89. The van der Waals surface area contributed by atoms with Gasteiger partial charge in [-0.2, -0.15) is 4.98 Å². The summed E-state index contributed by atoms with van der Waals surface area (Å²) in [6, 6.07) is 7.89. The highest BCUT2D eigenvalue weighted by molar-refractivity contribution is 5.35. The number of rotatable bonds is 7. The molecule has 0 fully saturated rings. The van der Waals surface area contributed by atoms with Gasteiger partial charge in [-0.1, -0.05) is 12.1 Å². The number of nitrogens with zero attached hydrogens (tertiary/aromatic N) is 2. The molecular weight excluding hydrogens is 254 g/mol. The smallest absolute Gasteiger partial charge is 0.239 e. The van der Waals surface area contributed by atoms with Gasteiger partial charge in [0.2, 0.25) is 5.88 Å². The number of benzene rings is 1. The molecule has 0 saturated heterocycles. The van der Waals surface area contributed by atoms with Gasteiger partial charge < -0.3 is 14.8 Å². The Morgan fingerprint density at radius 2 is 1.95 bits per heavy atom. The average Bonchev–Trinajstić information content (AvgIpc) is 2.47. The van der Waals surface area contributed by atoms with Gasteiger partial charge in [-0.05, 0) is 31.0 Å². The summed E-state index contributed by atoms with van der Waals surface area (Å²) < 4.78 is 10.7. The lowest BCUT2D eigenvalue weighted by Crippen LogP contribution is -2.00. The largest absolute Gasteiger partial charge is 0.437 e. The molecule has 2 aromatic rings. The third-order valence-electron chi connectivity index (χ3n) is 2.71. The molecule has 106 valence electrons. The minimum atomic E-state index is 0.480. The number of methoxy groups -OCH3 is 1. The second-order valence-electron chi connectivity index (χ2n) is 4.26. The molecule has 5 nitrogen and oxygen atoms in total. The Kier molecular flexibility index (Phi) is 5.32. The first-order valence-corrected chi connectivity index (χ1v) is 6.63. The molecule has 0 atom stereocenters. The average molecular weight is 273 g/mol. The van der Waals surface area contributed by atoms with Crippen LogP contribution in [0.5, 0.6) is 11.6 Å². The molecule has 2 rings (SSSR count). The van der Waals surface area contributed by atoms with E-state index in [0.29, 0.717) is 11.7 Å². The van der Waals surface area contributed by atoms with Gasteiger partial charge in [-0.25, -0.2) is 0 Å². The van der Waals surface area contributed by atoms with Crippen molar-refractivity contribution < 1.29 is 9.47 Å². The topological polar surface area (TPSA) is 56.3 Å². The number of aromatic nitrogens is 2. The molecule has 0 amide bonds. The third kappa shape index (κ3) is 4.20. The van der Waals surface area contributed by atoms with Crippen molar-refractivity contribution in [3.05, 3.63) is 42.2 Å². The van der Waals surface area contributed by atoms with Gasteiger partial charge in [0, 0.05) is 13.7 Å². The molecule has 0 spiro atoms. The molecule has 5 heteroatoms. The number of anilines is 1. The maximum atomic E-state index is 5.68. The van der Waals surface area contributed by atoms with Crippen LogP contribution in [-0.2, 0) is 11.2 Å². The van der Waals surface area contributed by atoms with Crippen molar-refractivity contribution in [1.82, 2.24) is 9.97 Å². The van der Waals surface area contributed by atoms with E-state index in [1.165, 1.54) is 5.56 Å². The van der Waals surface area contributed by atoms with Crippen LogP contribution in [0.2, 0.25) is 0 Å². The Balaban J connectivity index is 2.00. The third-order valence-corrected chi connectivity index (χ3v) is 2.71. The van der Waals surface area contributed by atoms with Crippen molar-refractivity contribution in [2.24, 2.45) is 0 Å². The van der Waals surface area contributed by atoms with Gasteiger partial charge >= 0.3 is 0 Å². The lowest BCUT2D eigenvalue weighted by atomic mass is 10.1. The van der Waals surface area contributed by atoms with Gasteiger partial charge in [0.25, 0.3) is 0 Å². The molecule has 0 saturated carbocycles. The van der Waals surface area contributed by atoms with Crippen LogP contribution in [0.4, 0.5) is 5.82 Å². The Hall–Kier alpha value is -2.14. The van der Waals surface area contributed by atoms with E-state index in [9.17, 15) is 0 Å². The quantitative estimate of drug-likeness (QED) is 0.840. The second-order valence-corrected chi connectivity index (χ2v) is 4.26. The Morgan fingerprint density at radius 1 is 1.15 bits per heavy atom. The molecule has 0 radical (unpaired) electrons. The van der Waals surface area contributed by atoms with Crippen molar-refractivity contribution in [2.45, 2.75) is 13.3 Å². The van der Waals surface area contributed by atoms with Crippen LogP contribution < -0.4 is 10.1 Å². The fourth-order valence-corrected chi connectivity index (χ4v) is 1.73. The van der Waals surface area contributed by atoms with Gasteiger partial charge in [-0.15, -0.1) is 0 Å². The molecule has 1 aromatic carbocycles. The molecule has 0 unspecified atom stereocenters. The van der Waals surface area contributed by atoms with Crippen LogP contribution in [0.15, 0.2) is 36.7 Å². The number of ether oxygens (including phenoxy) is 2. The summed E-state index contributed by atoms with van der Waals surface area (Å²) in [5.41, 5.74) is 1.21. The van der Waals surface area contributed by atoms with E-state index < -0.39 is 0 Å². The molecule has 0 aliphatic heterocycles. The molecule has 1 aromatic heterocycles. The van der Waals surface area contributed by atoms with Crippen LogP contribution in [0.1, 0.15) is 12.5 Å². The highest BCUT2D eigenvalue weighted by atomic mass is 16.5. The second kappa shape index (κ2) is 7.45. The fraction of sp³-hybridized carbons (Fsp3) is 0.333. The van der Waals surface area contributed by atoms with E-state index in [2.05, 4.69) is 15.3 Å². The van der Waals surface area contributed by atoms with E-state index in [4.69, 9.17) is 9.47 Å². The summed E-state index contributed by atoms with van der Waals surface area (Å²) in [6.07, 6.45) is 4.16. The maximum absolute atomic E-state index is 5.68. The maximum Gasteiger partial charge on any atom is 0.239 e. The molecule has 1 heterocycles. The summed E-state index contributed by atoms with van der Waals surface area (Å²) >= 11 is 0. The summed E-state index contributed by atoms with van der Waals surface area (Å²) in [4.78, 5) is 8.40. The Morgan fingerprint density at radius 3 is 2.65 bits per heavy atom. The fourth-order valence-electron chi connectivity index (χ4n) is 1.73. The van der Waals surface area contributed by atoms with Crippen LogP contribution in [0.3, 0.4) is 0 Å². The zero-order chi connectivity index (χ0) is 14.2. The molecule has 0 aliphatic carbocycles. The standard InChI is InChI=1S/C15H19N3O2/c1-3-17-14-10-16-11-15(18-14)20-13-6-4-12(5-7-13)8-9-19-2/h4-7,10-11H,3,8-9H2,1-2H3,(H,17,18). The zero-order valence-electron chi connectivity index (χ0n) is 11.8. The van der Waals surface area contributed by atoms with Gasteiger partial charge in [-0.3, -0.25) is 4.98 Å². The van der Waals surface area contributed by atoms with Crippen LogP contribution in [-0.4, -0.2) is 30.2 Å². The van der Waals surface area contributed by atoms with Gasteiger partial charge in [0.15, 0.2) is 0 Å². The molecular formula is C15H19N3O2. The van der Waals surface area contributed by atoms with E-state index in [1.54, 1.807) is 19.5 Å². The summed E-state index contributed by atoms with van der Waals surface area (Å²) in [6.45, 7) is 3.52. The highest BCUT2D eigenvalue weighted by Crippen LogP contribution is 2.20. The van der Waals surface area contributed by atoms with Crippen molar-refractivity contribution >= 4 is 5.82 Å². The van der Waals surface area contributed by atoms with E-state index in [1.807, 2.05) is 31.2 Å². The minimum Gasteiger partial charge on any atom is -0.437 e. The lowest BCUT2D eigenvalue weighted by Gasteiger charge is -2.07. The monoisotopic (exact) mass is 273 g/mol. The van der Waals surface area contributed by atoms with Crippen LogP contribution in [0.25, 0.3) is 0 Å². The van der Waals surface area contributed by atoms with E-state index in [-0.39, 0.29) is 0 Å². The van der Waals surface area contributed by atoms with Crippen molar-refractivity contribution in [3.8, 4) is 11.6 Å². The zero-order valence-corrected chi connectivity index (χ0v) is 11.8. The van der Waals surface area contributed by atoms with E-state index >= 15 is 0 Å². The van der Waals surface area contributed by atoms with Crippen molar-refractivity contribution in [1.29, 1.82) is 0 Å². The normalized spacial score (nSPS) is 10.3. The number of nitrogens with one attached hydrogen (secondary N) is 1. The van der Waals surface area contributed by atoms with Crippen molar-refractivity contribution in [2.75, 3.05) is 25.6 Å². The Bertz CT molecular complexity index is 529. The predicted molar refractivity (Wildman–Crippen MR) is 78.3 cm³/mol. The molecule has 1 N–H and O–H groups in total. The number of hydrogen-bond acceptors (Lipinski definition) is 5. The molecule has 0 aliphatic rings.